The number of methoxy groups -OCH3 is 2. The smallest absolute Gasteiger partial charge is 0.251 e. The fourth-order valence-corrected chi connectivity index (χ4v) is 3.02. The minimum atomic E-state index is -0.201. The summed E-state index contributed by atoms with van der Waals surface area (Å²) in [5.74, 6) is 1.42. The molecule has 0 aliphatic rings. The number of carbonyl (C=O) groups excluding carboxylic acids is 1. The van der Waals surface area contributed by atoms with Gasteiger partial charge in [-0.05, 0) is 30.5 Å². The van der Waals surface area contributed by atoms with Crippen LogP contribution in [0.3, 0.4) is 0 Å². The zero-order valence-electron chi connectivity index (χ0n) is 15.1. The molecule has 0 bridgehead atoms. The van der Waals surface area contributed by atoms with Gasteiger partial charge in [-0.2, -0.15) is 0 Å². The molecule has 26 heavy (non-hydrogen) atoms. The van der Waals surface area contributed by atoms with Crippen LogP contribution in [-0.2, 0) is 17.6 Å². The monoisotopic (exact) mass is 377 g/mol. The normalized spacial score (nSPS) is 10.4. The molecule has 1 amide bonds. The van der Waals surface area contributed by atoms with Crippen LogP contribution >= 0.6 is 11.8 Å². The van der Waals surface area contributed by atoms with Crippen LogP contribution in [0.15, 0.2) is 34.2 Å². The lowest BCUT2D eigenvalue weighted by atomic mass is 10.1. The number of aryl methyl sites for hydroxylation is 1. The van der Waals surface area contributed by atoms with Crippen molar-refractivity contribution in [3.63, 3.8) is 0 Å². The summed E-state index contributed by atoms with van der Waals surface area (Å²) < 4.78 is 10.5. The lowest BCUT2D eigenvalue weighted by molar-refractivity contribution is -0.118. The Balaban J connectivity index is 1.80. The second-order valence-electron chi connectivity index (χ2n) is 5.47. The number of nitrogens with one attached hydrogen (secondary N) is 2. The predicted molar refractivity (Wildman–Crippen MR) is 101 cm³/mol. The first-order valence-corrected chi connectivity index (χ1v) is 9.25. The standard InChI is InChI=1S/C18H23N3O4S/c1-4-13-10-16(22)21-18(20-13)26-11-17(23)19-8-7-12-5-6-14(24-2)15(9-12)25-3/h5-6,9-10H,4,7-8,11H2,1-3H3,(H,19,23)(H,20,21,22). The van der Waals surface area contributed by atoms with Gasteiger partial charge in [0.25, 0.3) is 5.56 Å². The highest BCUT2D eigenvalue weighted by Gasteiger charge is 2.07. The maximum absolute atomic E-state index is 12.0. The third kappa shape index (κ3) is 5.80. The summed E-state index contributed by atoms with van der Waals surface area (Å²) in [5, 5.41) is 3.32. The van der Waals surface area contributed by atoms with Gasteiger partial charge in [-0.25, -0.2) is 4.98 Å². The fourth-order valence-electron chi connectivity index (χ4n) is 2.30. The molecule has 1 heterocycles. The van der Waals surface area contributed by atoms with E-state index >= 15 is 0 Å². The van der Waals surface area contributed by atoms with Crippen molar-refractivity contribution in [1.82, 2.24) is 15.3 Å². The molecule has 0 unspecified atom stereocenters. The Kier molecular flexibility index (Phi) is 7.53. The van der Waals surface area contributed by atoms with Gasteiger partial charge in [0.1, 0.15) is 0 Å². The van der Waals surface area contributed by atoms with Crippen LogP contribution in [0.5, 0.6) is 11.5 Å². The molecule has 0 saturated heterocycles. The predicted octanol–water partition coefficient (Wildman–Crippen LogP) is 1.80. The summed E-state index contributed by atoms with van der Waals surface area (Å²) in [6.07, 6.45) is 1.35. The number of hydrogen-bond donors (Lipinski definition) is 2. The van der Waals surface area contributed by atoms with Gasteiger partial charge in [-0.3, -0.25) is 9.59 Å². The van der Waals surface area contributed by atoms with Gasteiger partial charge >= 0.3 is 0 Å². The lowest BCUT2D eigenvalue weighted by Gasteiger charge is -2.10. The number of benzene rings is 1. The van der Waals surface area contributed by atoms with Gasteiger partial charge in [-0.1, -0.05) is 24.8 Å². The molecule has 8 heteroatoms. The first-order valence-electron chi connectivity index (χ1n) is 8.26. The van der Waals surface area contributed by atoms with E-state index in [1.807, 2.05) is 25.1 Å². The summed E-state index contributed by atoms with van der Waals surface area (Å²) >= 11 is 1.21. The topological polar surface area (TPSA) is 93.3 Å². The molecule has 2 rings (SSSR count). The van der Waals surface area contributed by atoms with E-state index in [1.54, 1.807) is 14.2 Å². The molecule has 2 N–H and O–H groups in total. The Morgan fingerprint density at radius 1 is 1.23 bits per heavy atom. The number of ether oxygens (including phenoxy) is 2. The van der Waals surface area contributed by atoms with Gasteiger partial charge in [0.2, 0.25) is 5.91 Å². The van der Waals surface area contributed by atoms with Crippen LogP contribution in [0.1, 0.15) is 18.2 Å². The van der Waals surface area contributed by atoms with Crippen molar-refractivity contribution in [3.8, 4) is 11.5 Å². The van der Waals surface area contributed by atoms with Gasteiger partial charge < -0.3 is 19.8 Å². The Morgan fingerprint density at radius 3 is 2.69 bits per heavy atom. The van der Waals surface area contributed by atoms with Gasteiger partial charge in [-0.15, -0.1) is 0 Å². The average molecular weight is 377 g/mol. The molecule has 2 aromatic rings. The number of nitrogens with zero attached hydrogens (tertiary/aromatic N) is 1. The van der Waals surface area contributed by atoms with Crippen LogP contribution in [-0.4, -0.2) is 42.4 Å². The van der Waals surface area contributed by atoms with E-state index in [-0.39, 0.29) is 17.2 Å². The van der Waals surface area contributed by atoms with Gasteiger partial charge in [0.05, 0.1) is 20.0 Å². The molecule has 0 atom stereocenters. The molecule has 0 spiro atoms. The highest BCUT2D eigenvalue weighted by molar-refractivity contribution is 7.99. The third-order valence-corrected chi connectivity index (χ3v) is 4.53. The molecule has 7 nitrogen and oxygen atoms in total. The maximum Gasteiger partial charge on any atom is 0.251 e. The summed E-state index contributed by atoms with van der Waals surface area (Å²) in [7, 11) is 3.18. The van der Waals surface area contributed by atoms with E-state index in [0.29, 0.717) is 41.7 Å². The summed E-state index contributed by atoms with van der Waals surface area (Å²) in [4.78, 5) is 30.4. The van der Waals surface area contributed by atoms with E-state index in [4.69, 9.17) is 9.47 Å². The molecule has 140 valence electrons. The van der Waals surface area contributed by atoms with Gasteiger partial charge in [0.15, 0.2) is 16.7 Å². The van der Waals surface area contributed by atoms with Crippen LogP contribution in [0.25, 0.3) is 0 Å². The number of hydrogen-bond acceptors (Lipinski definition) is 6. The number of amides is 1. The Morgan fingerprint density at radius 2 is 2.00 bits per heavy atom. The van der Waals surface area contributed by atoms with Crippen LogP contribution in [0, 0.1) is 0 Å². The van der Waals surface area contributed by atoms with Gasteiger partial charge in [0, 0.05) is 18.3 Å². The van der Waals surface area contributed by atoms with Crippen molar-refractivity contribution in [1.29, 1.82) is 0 Å². The zero-order valence-corrected chi connectivity index (χ0v) is 15.9. The number of aromatic nitrogens is 2. The number of aromatic amines is 1. The van der Waals surface area contributed by atoms with Crippen molar-refractivity contribution in [2.75, 3.05) is 26.5 Å². The van der Waals surface area contributed by atoms with Crippen LogP contribution in [0.2, 0.25) is 0 Å². The number of rotatable bonds is 9. The molecule has 1 aromatic heterocycles. The molecule has 0 radical (unpaired) electrons. The van der Waals surface area contributed by atoms with Crippen molar-refractivity contribution in [2.24, 2.45) is 0 Å². The Bertz CT molecular complexity index is 807. The molecule has 0 saturated carbocycles. The van der Waals surface area contributed by atoms with Crippen LogP contribution < -0.4 is 20.3 Å². The highest BCUT2D eigenvalue weighted by atomic mass is 32.2. The van der Waals surface area contributed by atoms with Crippen molar-refractivity contribution >= 4 is 17.7 Å². The van der Waals surface area contributed by atoms with Crippen molar-refractivity contribution in [3.05, 3.63) is 45.9 Å². The van der Waals surface area contributed by atoms with E-state index < -0.39 is 0 Å². The molecule has 0 aliphatic heterocycles. The summed E-state index contributed by atoms with van der Waals surface area (Å²) in [6.45, 7) is 2.44. The fraction of sp³-hybridized carbons (Fsp3) is 0.389. The SMILES string of the molecule is CCc1cc(=O)[nH]c(SCC(=O)NCCc2ccc(OC)c(OC)c2)n1. The third-order valence-electron chi connectivity index (χ3n) is 3.66. The minimum Gasteiger partial charge on any atom is -0.493 e. The van der Waals surface area contributed by atoms with E-state index in [9.17, 15) is 9.59 Å². The lowest BCUT2D eigenvalue weighted by Crippen LogP contribution is -2.27. The zero-order chi connectivity index (χ0) is 18.9. The van der Waals surface area contributed by atoms with E-state index in [1.165, 1.54) is 17.8 Å². The van der Waals surface area contributed by atoms with E-state index in [2.05, 4.69) is 15.3 Å². The number of carbonyl (C=O) groups is 1. The largest absolute Gasteiger partial charge is 0.493 e. The second-order valence-corrected chi connectivity index (χ2v) is 6.44. The molecular weight excluding hydrogens is 354 g/mol. The quantitative estimate of drug-likeness (QED) is 0.511. The molecule has 0 aliphatic carbocycles. The van der Waals surface area contributed by atoms with E-state index in [0.717, 1.165) is 5.56 Å². The molecule has 0 fully saturated rings. The minimum absolute atomic E-state index is 0.111. The summed E-state index contributed by atoms with van der Waals surface area (Å²) in [5.41, 5.74) is 1.55. The average Bonchev–Trinajstić information content (AvgIpc) is 2.65. The number of H-pyrrole nitrogens is 1. The van der Waals surface area contributed by atoms with Crippen molar-refractivity contribution < 1.29 is 14.3 Å². The Labute approximate surface area is 156 Å². The highest BCUT2D eigenvalue weighted by Crippen LogP contribution is 2.27. The second kappa shape index (κ2) is 9.86. The number of thioether (sulfide) groups is 1. The molecule has 1 aromatic carbocycles. The first-order chi connectivity index (χ1) is 12.5. The van der Waals surface area contributed by atoms with Crippen LogP contribution in [0.4, 0.5) is 0 Å². The Hall–Kier alpha value is -2.48. The summed E-state index contributed by atoms with van der Waals surface area (Å²) in [6, 6.07) is 7.14. The first kappa shape index (κ1) is 19.8. The molecular formula is C18H23N3O4S. The van der Waals surface area contributed by atoms with Crippen molar-refractivity contribution in [2.45, 2.75) is 24.9 Å². The maximum atomic E-state index is 12.0.